The monoisotopic (exact) mass is 226 g/mol. The first-order chi connectivity index (χ1) is 7.63. The van der Waals surface area contributed by atoms with E-state index in [2.05, 4.69) is 4.74 Å². The van der Waals surface area contributed by atoms with Crippen LogP contribution in [0.5, 0.6) is 0 Å². The summed E-state index contributed by atoms with van der Waals surface area (Å²) >= 11 is 0. The van der Waals surface area contributed by atoms with Crippen molar-refractivity contribution in [3.8, 4) is 0 Å². The van der Waals surface area contributed by atoms with Crippen LogP contribution in [0.4, 0.5) is 0 Å². The fourth-order valence-corrected chi connectivity index (χ4v) is 1.50. The van der Waals surface area contributed by atoms with E-state index in [0.717, 1.165) is 25.0 Å². The van der Waals surface area contributed by atoms with Gasteiger partial charge in [-0.1, -0.05) is 0 Å². The van der Waals surface area contributed by atoms with E-state index in [-0.39, 0.29) is 18.3 Å². The minimum atomic E-state index is -0.634. The number of rotatable bonds is 4. The van der Waals surface area contributed by atoms with E-state index in [1.807, 2.05) is 0 Å². The third-order valence-electron chi connectivity index (χ3n) is 2.41. The Balaban J connectivity index is 2.27. The summed E-state index contributed by atoms with van der Waals surface area (Å²) in [4.78, 5) is 33.0. The maximum absolute atomic E-state index is 11.2. The fourth-order valence-electron chi connectivity index (χ4n) is 1.50. The second-order valence-electron chi connectivity index (χ2n) is 3.54. The third kappa shape index (κ3) is 3.84. The lowest BCUT2D eigenvalue weighted by Gasteiger charge is -2.06. The molecule has 1 aliphatic carbocycles. The summed E-state index contributed by atoms with van der Waals surface area (Å²) < 4.78 is 9.14. The van der Waals surface area contributed by atoms with E-state index in [9.17, 15) is 14.4 Å². The molecule has 0 aliphatic heterocycles. The number of carbonyl (C=O) groups excluding carboxylic acids is 3. The van der Waals surface area contributed by atoms with Crippen molar-refractivity contribution in [3.05, 3.63) is 12.2 Å². The second kappa shape index (κ2) is 6.05. The van der Waals surface area contributed by atoms with Crippen LogP contribution >= 0.6 is 0 Å². The lowest BCUT2D eigenvalue weighted by Crippen LogP contribution is -2.16. The number of hydrogen-bond acceptors (Lipinski definition) is 5. The number of Topliss-reactive ketones (excluding diaryl/α,β-unsaturated/α-hetero) is 1. The molecular weight excluding hydrogens is 212 g/mol. The van der Waals surface area contributed by atoms with Crippen LogP contribution in [0.15, 0.2) is 12.2 Å². The highest BCUT2D eigenvalue weighted by Gasteiger charge is 2.25. The van der Waals surface area contributed by atoms with Crippen molar-refractivity contribution >= 4 is 17.7 Å². The van der Waals surface area contributed by atoms with Crippen LogP contribution in [0.1, 0.15) is 19.3 Å². The maximum Gasteiger partial charge on any atom is 0.331 e. The first-order valence-electron chi connectivity index (χ1n) is 5.09. The average Bonchev–Trinajstić information content (AvgIpc) is 2.69. The Morgan fingerprint density at radius 3 is 2.62 bits per heavy atom. The zero-order chi connectivity index (χ0) is 12.0. The number of methoxy groups -OCH3 is 1. The molecular formula is C11H14O5. The smallest absolute Gasteiger partial charge is 0.331 e. The Morgan fingerprint density at radius 1 is 1.38 bits per heavy atom. The van der Waals surface area contributed by atoms with Gasteiger partial charge in [0.2, 0.25) is 0 Å². The lowest BCUT2D eigenvalue weighted by atomic mass is 10.1. The van der Waals surface area contributed by atoms with Gasteiger partial charge >= 0.3 is 11.9 Å². The van der Waals surface area contributed by atoms with Gasteiger partial charge in [0.25, 0.3) is 0 Å². The van der Waals surface area contributed by atoms with Crippen molar-refractivity contribution < 1.29 is 23.9 Å². The van der Waals surface area contributed by atoms with Crippen LogP contribution in [0, 0.1) is 5.92 Å². The Kier molecular flexibility index (Phi) is 4.69. The Bertz CT molecular complexity index is 318. The summed E-state index contributed by atoms with van der Waals surface area (Å²) in [5, 5.41) is 0. The zero-order valence-electron chi connectivity index (χ0n) is 9.10. The molecule has 1 atom stereocenters. The number of ether oxygens (including phenoxy) is 2. The lowest BCUT2D eigenvalue weighted by molar-refractivity contribution is -0.141. The van der Waals surface area contributed by atoms with Crippen LogP contribution in [0.25, 0.3) is 0 Å². The number of esters is 2. The van der Waals surface area contributed by atoms with Gasteiger partial charge in [-0.15, -0.1) is 0 Å². The number of ketones is 1. The predicted octanol–water partition coefficient (Wildman–Crippen LogP) is 0.628. The maximum atomic E-state index is 11.2. The summed E-state index contributed by atoms with van der Waals surface area (Å²) in [6.45, 7) is 0.100. The van der Waals surface area contributed by atoms with Crippen molar-refractivity contribution in [2.75, 3.05) is 13.7 Å². The summed E-state index contributed by atoms with van der Waals surface area (Å²) in [5.41, 5.74) is 0. The molecule has 0 amide bonds. The van der Waals surface area contributed by atoms with Gasteiger partial charge < -0.3 is 9.47 Å². The van der Waals surface area contributed by atoms with E-state index in [1.54, 1.807) is 0 Å². The molecule has 0 spiro atoms. The highest BCUT2D eigenvalue weighted by molar-refractivity contribution is 5.91. The van der Waals surface area contributed by atoms with Crippen LogP contribution < -0.4 is 0 Å². The van der Waals surface area contributed by atoms with Crippen LogP contribution in [0.3, 0.4) is 0 Å². The minimum absolute atomic E-state index is 0.100. The SMILES string of the molecule is COC(=O)/C=C/C(=O)OCC1CCCC1=O. The van der Waals surface area contributed by atoms with Crippen LogP contribution in [-0.4, -0.2) is 31.4 Å². The van der Waals surface area contributed by atoms with Crippen molar-refractivity contribution in [2.24, 2.45) is 5.92 Å². The molecule has 1 aliphatic rings. The quantitative estimate of drug-likeness (QED) is 0.519. The highest BCUT2D eigenvalue weighted by atomic mass is 16.5. The van der Waals surface area contributed by atoms with Gasteiger partial charge in [0, 0.05) is 18.6 Å². The van der Waals surface area contributed by atoms with E-state index < -0.39 is 11.9 Å². The molecule has 0 saturated heterocycles. The summed E-state index contributed by atoms with van der Waals surface area (Å²) in [6, 6.07) is 0. The van der Waals surface area contributed by atoms with Gasteiger partial charge in [-0.2, -0.15) is 0 Å². The predicted molar refractivity (Wildman–Crippen MR) is 54.5 cm³/mol. The van der Waals surface area contributed by atoms with E-state index in [4.69, 9.17) is 4.74 Å². The molecule has 88 valence electrons. The zero-order valence-corrected chi connectivity index (χ0v) is 9.10. The first kappa shape index (κ1) is 12.4. The normalized spacial score (nSPS) is 20.1. The summed E-state index contributed by atoms with van der Waals surface area (Å²) in [6.07, 6.45) is 4.18. The van der Waals surface area contributed by atoms with Gasteiger partial charge in [0.1, 0.15) is 12.4 Å². The van der Waals surface area contributed by atoms with Crippen molar-refractivity contribution in [2.45, 2.75) is 19.3 Å². The molecule has 0 aromatic rings. The first-order valence-corrected chi connectivity index (χ1v) is 5.09. The van der Waals surface area contributed by atoms with Gasteiger partial charge in [0.15, 0.2) is 0 Å². The van der Waals surface area contributed by atoms with Crippen molar-refractivity contribution in [1.29, 1.82) is 0 Å². The molecule has 1 saturated carbocycles. The van der Waals surface area contributed by atoms with E-state index >= 15 is 0 Å². The fraction of sp³-hybridized carbons (Fsp3) is 0.545. The van der Waals surface area contributed by atoms with Gasteiger partial charge in [-0.3, -0.25) is 4.79 Å². The molecule has 1 unspecified atom stereocenters. The highest BCUT2D eigenvalue weighted by Crippen LogP contribution is 2.21. The molecule has 5 nitrogen and oxygen atoms in total. The van der Waals surface area contributed by atoms with Gasteiger partial charge in [-0.25, -0.2) is 9.59 Å². The van der Waals surface area contributed by atoms with E-state index in [0.29, 0.717) is 6.42 Å². The third-order valence-corrected chi connectivity index (χ3v) is 2.41. The topological polar surface area (TPSA) is 69.7 Å². The molecule has 0 heterocycles. The van der Waals surface area contributed by atoms with Gasteiger partial charge in [-0.05, 0) is 12.8 Å². The molecule has 16 heavy (non-hydrogen) atoms. The number of hydrogen-bond donors (Lipinski definition) is 0. The van der Waals surface area contributed by atoms with Crippen molar-refractivity contribution in [3.63, 3.8) is 0 Å². The minimum Gasteiger partial charge on any atom is -0.466 e. The molecule has 5 heteroatoms. The Hall–Kier alpha value is -1.65. The molecule has 1 fully saturated rings. The molecule has 0 bridgehead atoms. The Labute approximate surface area is 93.4 Å². The average molecular weight is 226 g/mol. The summed E-state index contributed by atoms with van der Waals surface area (Å²) in [7, 11) is 1.22. The van der Waals surface area contributed by atoms with Crippen molar-refractivity contribution in [1.82, 2.24) is 0 Å². The van der Waals surface area contributed by atoms with Gasteiger partial charge in [0.05, 0.1) is 13.0 Å². The molecule has 1 rings (SSSR count). The standard InChI is InChI=1S/C11H14O5/c1-15-10(13)5-6-11(14)16-7-8-3-2-4-9(8)12/h5-6,8H,2-4,7H2,1H3/b6-5+. The molecule has 0 N–H and O–H groups in total. The molecule has 0 radical (unpaired) electrons. The second-order valence-corrected chi connectivity index (χ2v) is 3.54. The van der Waals surface area contributed by atoms with Crippen LogP contribution in [0.2, 0.25) is 0 Å². The van der Waals surface area contributed by atoms with Crippen LogP contribution in [-0.2, 0) is 23.9 Å². The van der Waals surface area contributed by atoms with E-state index in [1.165, 1.54) is 7.11 Å². The molecule has 0 aromatic heterocycles. The largest absolute Gasteiger partial charge is 0.466 e. The number of carbonyl (C=O) groups is 3. The molecule has 0 aromatic carbocycles. The summed E-state index contributed by atoms with van der Waals surface area (Å²) in [5.74, 6) is -1.28. The Morgan fingerprint density at radius 2 is 2.06 bits per heavy atom.